The van der Waals surface area contributed by atoms with Gasteiger partial charge in [0.1, 0.15) is 0 Å². The van der Waals surface area contributed by atoms with Gasteiger partial charge < -0.3 is 5.73 Å². The minimum atomic E-state index is 0.470. The molecule has 0 aliphatic rings. The monoisotopic (exact) mass is 174 g/mol. The van der Waals surface area contributed by atoms with Gasteiger partial charge >= 0.3 is 0 Å². The number of rotatable bonds is 3. The lowest BCUT2D eigenvalue weighted by atomic mass is 10.6. The number of hydrazine groups is 1. The van der Waals surface area contributed by atoms with E-state index in [4.69, 9.17) is 23.8 Å². The molecule has 1 aromatic heterocycles. The van der Waals surface area contributed by atoms with Gasteiger partial charge in [-0.1, -0.05) is 12.2 Å². The molecule has 0 saturated heterocycles. The maximum atomic E-state index is 5.53. The van der Waals surface area contributed by atoms with Crippen LogP contribution in [0, 0.1) is 4.64 Å². The smallest absolute Gasteiger partial charge is 0.201 e. The van der Waals surface area contributed by atoms with E-state index in [1.807, 2.05) is 0 Å². The molecule has 1 rings (SSSR count). The van der Waals surface area contributed by atoms with Crippen molar-refractivity contribution in [2.24, 2.45) is 11.6 Å². The van der Waals surface area contributed by atoms with E-state index in [1.165, 1.54) is 5.01 Å². The van der Waals surface area contributed by atoms with Gasteiger partial charge in [0.05, 0.1) is 0 Å². The third-order valence-corrected chi connectivity index (χ3v) is 1.46. The predicted molar refractivity (Wildman–Crippen MR) is 44.4 cm³/mol. The van der Waals surface area contributed by atoms with E-state index in [9.17, 15) is 0 Å². The van der Waals surface area contributed by atoms with Crippen LogP contribution in [0.15, 0.2) is 0 Å². The summed E-state index contributed by atoms with van der Waals surface area (Å²) in [6.45, 7) is 1.00. The fraction of sp³-hybridized carbons (Fsp3) is 0.500. The molecular weight excluding hydrogens is 164 g/mol. The Kier molecular flexibility index (Phi) is 2.58. The van der Waals surface area contributed by atoms with Crippen molar-refractivity contribution in [3.8, 4) is 0 Å². The molecular formula is C4H10N6S. The highest BCUT2D eigenvalue weighted by molar-refractivity contribution is 7.71. The summed E-state index contributed by atoms with van der Waals surface area (Å²) in [4.78, 5) is 0. The Labute approximate surface area is 68.5 Å². The molecule has 0 aromatic carbocycles. The van der Waals surface area contributed by atoms with Gasteiger partial charge in [0, 0.05) is 13.1 Å². The zero-order valence-corrected chi connectivity index (χ0v) is 6.69. The Morgan fingerprint density at radius 3 is 2.82 bits per heavy atom. The van der Waals surface area contributed by atoms with Crippen molar-refractivity contribution < 1.29 is 0 Å². The van der Waals surface area contributed by atoms with E-state index < -0.39 is 0 Å². The van der Waals surface area contributed by atoms with Crippen LogP contribution in [0.3, 0.4) is 0 Å². The van der Waals surface area contributed by atoms with E-state index in [1.54, 1.807) is 0 Å². The number of anilines is 1. The molecule has 0 amide bonds. The third-order valence-electron chi connectivity index (χ3n) is 1.18. The van der Waals surface area contributed by atoms with Gasteiger partial charge in [-0.05, 0) is 0 Å². The SMILES string of the molecule is NCCN(N)c1n[nH][nH]c1=S. The van der Waals surface area contributed by atoms with Crippen LogP contribution in [0.2, 0.25) is 0 Å². The van der Waals surface area contributed by atoms with E-state index in [0.29, 0.717) is 23.5 Å². The summed E-state index contributed by atoms with van der Waals surface area (Å²) in [5.74, 6) is 6.05. The van der Waals surface area contributed by atoms with Crippen molar-refractivity contribution in [3.63, 3.8) is 0 Å². The first-order valence-corrected chi connectivity index (χ1v) is 3.52. The van der Waals surface area contributed by atoms with Crippen LogP contribution in [0.25, 0.3) is 0 Å². The van der Waals surface area contributed by atoms with Crippen molar-refractivity contribution in [2.75, 3.05) is 18.1 Å². The number of hydrogen-bond donors (Lipinski definition) is 4. The third kappa shape index (κ3) is 1.76. The van der Waals surface area contributed by atoms with Crippen LogP contribution >= 0.6 is 12.2 Å². The molecule has 11 heavy (non-hydrogen) atoms. The summed E-state index contributed by atoms with van der Waals surface area (Å²) < 4.78 is 0.487. The first-order valence-electron chi connectivity index (χ1n) is 3.11. The average molecular weight is 174 g/mol. The molecule has 1 heterocycles. The maximum absolute atomic E-state index is 5.53. The Bertz CT molecular complexity index is 264. The zero-order valence-electron chi connectivity index (χ0n) is 5.87. The minimum Gasteiger partial charge on any atom is -0.329 e. The van der Waals surface area contributed by atoms with Crippen molar-refractivity contribution in [2.45, 2.75) is 0 Å². The van der Waals surface area contributed by atoms with Crippen molar-refractivity contribution in [1.82, 2.24) is 15.4 Å². The van der Waals surface area contributed by atoms with Crippen LogP contribution in [0.5, 0.6) is 0 Å². The molecule has 0 unspecified atom stereocenters. The molecule has 0 aliphatic heterocycles. The molecule has 0 radical (unpaired) electrons. The lowest BCUT2D eigenvalue weighted by Gasteiger charge is -2.12. The van der Waals surface area contributed by atoms with Crippen LogP contribution in [-0.2, 0) is 0 Å². The molecule has 7 heteroatoms. The normalized spacial score (nSPS) is 10.0. The number of nitrogens with one attached hydrogen (secondary N) is 2. The number of hydrogen-bond acceptors (Lipinski definition) is 5. The number of nitrogens with two attached hydrogens (primary N) is 2. The molecule has 1 aromatic rings. The molecule has 62 valence electrons. The van der Waals surface area contributed by atoms with Crippen LogP contribution in [-0.4, -0.2) is 28.5 Å². The average Bonchev–Trinajstić information content (AvgIpc) is 2.36. The second-order valence-corrected chi connectivity index (χ2v) is 2.39. The predicted octanol–water partition coefficient (Wildman–Crippen LogP) is -0.894. The summed E-state index contributed by atoms with van der Waals surface area (Å²) >= 11 is 4.86. The van der Waals surface area contributed by atoms with Crippen molar-refractivity contribution in [1.29, 1.82) is 0 Å². The number of nitrogens with zero attached hydrogens (tertiary/aromatic N) is 2. The number of aromatic amines is 2. The quantitative estimate of drug-likeness (QED) is 0.270. The molecule has 6 nitrogen and oxygen atoms in total. The Morgan fingerprint density at radius 2 is 2.36 bits per heavy atom. The largest absolute Gasteiger partial charge is 0.329 e. The molecule has 0 fully saturated rings. The number of aromatic nitrogens is 3. The van der Waals surface area contributed by atoms with Crippen LogP contribution < -0.4 is 16.6 Å². The van der Waals surface area contributed by atoms with Crippen LogP contribution in [0.4, 0.5) is 5.82 Å². The summed E-state index contributed by atoms with van der Waals surface area (Å²) in [7, 11) is 0. The van der Waals surface area contributed by atoms with E-state index in [2.05, 4.69) is 15.4 Å². The lowest BCUT2D eigenvalue weighted by molar-refractivity contribution is 0.808. The summed E-state index contributed by atoms with van der Waals surface area (Å²) in [5, 5.41) is 10.3. The minimum absolute atomic E-state index is 0.470. The standard InChI is InChI=1S/C4H10N6S/c5-1-2-10(6)3-4(11)8-9-7-3/h1-2,5-6H2,(H2,7,8,9,11). The van der Waals surface area contributed by atoms with Gasteiger partial charge in [0.15, 0.2) is 4.64 Å². The zero-order chi connectivity index (χ0) is 8.27. The topological polar surface area (TPSA) is 99.8 Å². The fourth-order valence-corrected chi connectivity index (χ4v) is 0.887. The van der Waals surface area contributed by atoms with E-state index in [0.717, 1.165) is 0 Å². The lowest BCUT2D eigenvalue weighted by Crippen LogP contribution is -2.36. The second-order valence-electron chi connectivity index (χ2n) is 1.98. The number of H-pyrrole nitrogens is 2. The highest BCUT2D eigenvalue weighted by Crippen LogP contribution is 2.03. The highest BCUT2D eigenvalue weighted by atomic mass is 32.1. The fourth-order valence-electron chi connectivity index (χ4n) is 0.678. The van der Waals surface area contributed by atoms with Crippen molar-refractivity contribution in [3.05, 3.63) is 4.64 Å². The Hall–Kier alpha value is -0.920. The van der Waals surface area contributed by atoms with Gasteiger partial charge in [-0.25, -0.2) is 11.1 Å². The maximum Gasteiger partial charge on any atom is 0.201 e. The molecule has 0 spiro atoms. The van der Waals surface area contributed by atoms with Gasteiger partial charge in [0.25, 0.3) is 0 Å². The van der Waals surface area contributed by atoms with Gasteiger partial charge in [0.2, 0.25) is 5.82 Å². The van der Waals surface area contributed by atoms with Gasteiger partial charge in [-0.3, -0.25) is 10.1 Å². The highest BCUT2D eigenvalue weighted by Gasteiger charge is 2.04. The summed E-state index contributed by atoms with van der Waals surface area (Å²) in [5.41, 5.74) is 5.28. The Morgan fingerprint density at radius 1 is 1.64 bits per heavy atom. The molecule has 0 bridgehead atoms. The first kappa shape index (κ1) is 8.18. The van der Waals surface area contributed by atoms with E-state index >= 15 is 0 Å². The first-order chi connectivity index (χ1) is 5.25. The summed E-state index contributed by atoms with van der Waals surface area (Å²) in [6.07, 6.45) is 0. The molecule has 0 saturated carbocycles. The molecule has 6 N–H and O–H groups in total. The van der Waals surface area contributed by atoms with Crippen molar-refractivity contribution >= 4 is 18.0 Å². The summed E-state index contributed by atoms with van der Waals surface area (Å²) in [6, 6.07) is 0. The van der Waals surface area contributed by atoms with Gasteiger partial charge in [-0.2, -0.15) is 0 Å². The van der Waals surface area contributed by atoms with Crippen LogP contribution in [0.1, 0.15) is 0 Å². The second kappa shape index (κ2) is 3.46. The van der Waals surface area contributed by atoms with Gasteiger partial charge in [-0.15, -0.1) is 5.10 Å². The molecule has 0 atom stereocenters. The molecule has 0 aliphatic carbocycles. The van der Waals surface area contributed by atoms with E-state index in [-0.39, 0.29) is 0 Å². The Balaban J connectivity index is 2.75.